The van der Waals surface area contributed by atoms with Gasteiger partial charge in [0, 0.05) is 48.8 Å². The molecule has 0 spiro atoms. The molecule has 0 saturated carbocycles. The molecule has 1 aliphatic heterocycles. The molecule has 0 saturated heterocycles. The quantitative estimate of drug-likeness (QED) is 0.164. The van der Waals surface area contributed by atoms with Crippen LogP contribution in [-0.4, -0.2) is 4.98 Å². The van der Waals surface area contributed by atoms with E-state index in [1.54, 1.807) is 11.3 Å². The Bertz CT molecular complexity index is 2110. The summed E-state index contributed by atoms with van der Waals surface area (Å²) in [6.07, 6.45) is 5.91. The summed E-state index contributed by atoms with van der Waals surface area (Å²) >= 11 is 1.70. The van der Waals surface area contributed by atoms with Gasteiger partial charge in [0.25, 0.3) is 0 Å². The van der Waals surface area contributed by atoms with Crippen LogP contribution in [0.2, 0.25) is 0 Å². The number of ether oxygens (including phenoxy) is 1. The van der Waals surface area contributed by atoms with Crippen LogP contribution in [0.5, 0.6) is 11.5 Å². The topological polar surface area (TPSA) is 41.7 Å². The van der Waals surface area contributed by atoms with Crippen LogP contribution >= 0.6 is 11.3 Å². The molecule has 0 N–H and O–H groups in total. The number of hydrogen-bond donors (Lipinski definition) is 0. The van der Waals surface area contributed by atoms with Gasteiger partial charge in [0.15, 0.2) is 0 Å². The minimum Gasteiger partial charge on any atom is -0.501 e. The first kappa shape index (κ1) is 27.7. The average molecular weight is 760 g/mol. The second-order valence-corrected chi connectivity index (χ2v) is 12.5. The molecule has 0 atom stereocenters. The summed E-state index contributed by atoms with van der Waals surface area (Å²) in [5.41, 5.74) is 6.40. The maximum absolute atomic E-state index is 6.61. The molecule has 0 bridgehead atoms. The Labute approximate surface area is 268 Å². The Morgan fingerprint density at radius 1 is 0.884 bits per heavy atom. The van der Waals surface area contributed by atoms with Crippen molar-refractivity contribution >= 4 is 54.0 Å². The Balaban J connectivity index is 0.00000300. The zero-order chi connectivity index (χ0) is 28.4. The van der Waals surface area contributed by atoms with Crippen LogP contribution in [0.1, 0.15) is 26.3 Å². The molecule has 4 heterocycles. The smallest absolute Gasteiger partial charge is 0.122 e. The number of aromatic nitrogens is 1. The second-order valence-electron chi connectivity index (χ2n) is 11.4. The maximum Gasteiger partial charge on any atom is 0.122 e. The van der Waals surface area contributed by atoms with Gasteiger partial charge in [-0.2, -0.15) is 17.4 Å². The summed E-state index contributed by atoms with van der Waals surface area (Å²) in [6, 6.07) is 33.6. The Morgan fingerprint density at radius 2 is 1.70 bits per heavy atom. The average Bonchev–Trinajstić information content (AvgIpc) is 3.75. The van der Waals surface area contributed by atoms with Gasteiger partial charge in [0.05, 0.1) is 11.3 Å². The Kier molecular flexibility index (Phi) is 6.80. The van der Waals surface area contributed by atoms with Crippen LogP contribution in [0.25, 0.3) is 42.6 Å². The normalized spacial score (nSPS) is 13.5. The SMILES string of the molecule is CC(C)(C)c1ccnc(-c2[c-]c(Oc3[c-]c(N4C=CN(c5ccccc5)[CH-]4)ccc3)c3sc4cccc5oc2c3c54)c1.[Pt]. The summed E-state index contributed by atoms with van der Waals surface area (Å²) in [6.45, 7) is 8.64. The van der Waals surface area contributed by atoms with Crippen molar-refractivity contribution in [1.82, 2.24) is 4.98 Å². The standard InChI is InChI=1S/C36H26N3O2S.Pt/c1-36(2,3)23-15-16-37-28(19-23)27-21-30(35-33-32-29(41-34(27)33)13-8-14-31(32)42-35)40-26-12-7-11-25(20-26)39-18-17-38(22-39)24-9-5-4-6-10-24;/h4-19,22H,1-3H3;/q-3;. The van der Waals surface area contributed by atoms with Gasteiger partial charge in [-0.25, -0.2) is 0 Å². The fraction of sp³-hybridized carbons (Fsp3) is 0.111. The maximum atomic E-state index is 6.61. The number of furan rings is 1. The van der Waals surface area contributed by atoms with Gasteiger partial charge in [-0.05, 0) is 69.5 Å². The zero-order valence-corrected chi connectivity index (χ0v) is 26.8. The van der Waals surface area contributed by atoms with Crippen molar-refractivity contribution < 1.29 is 30.2 Å². The van der Waals surface area contributed by atoms with Gasteiger partial charge in [-0.1, -0.05) is 62.7 Å². The minimum absolute atomic E-state index is 0. The number of anilines is 2. The molecule has 4 aromatic carbocycles. The molecule has 0 radical (unpaired) electrons. The molecule has 3 aromatic heterocycles. The molecule has 0 aliphatic carbocycles. The van der Waals surface area contributed by atoms with E-state index in [0.717, 1.165) is 54.0 Å². The van der Waals surface area contributed by atoms with Gasteiger partial charge in [-0.3, -0.25) is 0 Å². The third kappa shape index (κ3) is 4.79. The predicted molar refractivity (Wildman–Crippen MR) is 171 cm³/mol. The summed E-state index contributed by atoms with van der Waals surface area (Å²) < 4.78 is 15.2. The van der Waals surface area contributed by atoms with Gasteiger partial charge >= 0.3 is 0 Å². The number of hydrogen-bond acceptors (Lipinski definition) is 6. The Hall–Kier alpha value is -4.12. The van der Waals surface area contributed by atoms with Crippen molar-refractivity contribution in [2.45, 2.75) is 26.2 Å². The van der Waals surface area contributed by atoms with Crippen LogP contribution in [0.15, 0.2) is 102 Å². The monoisotopic (exact) mass is 759 g/mol. The molecule has 43 heavy (non-hydrogen) atoms. The van der Waals surface area contributed by atoms with Crippen molar-refractivity contribution in [3.05, 3.63) is 122 Å². The van der Waals surface area contributed by atoms with E-state index in [1.807, 2.05) is 78.7 Å². The van der Waals surface area contributed by atoms with E-state index in [4.69, 9.17) is 14.1 Å². The van der Waals surface area contributed by atoms with Crippen LogP contribution in [0.4, 0.5) is 11.4 Å². The zero-order valence-electron chi connectivity index (χ0n) is 23.7. The van der Waals surface area contributed by atoms with Crippen molar-refractivity contribution in [3.63, 3.8) is 0 Å². The molecule has 7 heteroatoms. The molecule has 0 amide bonds. The molecule has 216 valence electrons. The van der Waals surface area contributed by atoms with E-state index < -0.39 is 0 Å². The molecule has 1 aliphatic rings. The van der Waals surface area contributed by atoms with Gasteiger partial charge in [-0.15, -0.1) is 30.6 Å². The van der Waals surface area contributed by atoms with Crippen molar-refractivity contribution in [2.24, 2.45) is 0 Å². The molecule has 0 unspecified atom stereocenters. The third-order valence-corrected chi connectivity index (χ3v) is 8.76. The number of para-hydroxylation sites is 1. The number of benzene rings is 4. The van der Waals surface area contributed by atoms with Gasteiger partial charge < -0.3 is 23.9 Å². The first-order chi connectivity index (χ1) is 20.4. The molecular weight excluding hydrogens is 734 g/mol. The first-order valence-electron chi connectivity index (χ1n) is 13.9. The van der Waals surface area contributed by atoms with Crippen molar-refractivity contribution in [2.75, 3.05) is 9.80 Å². The van der Waals surface area contributed by atoms with Crippen molar-refractivity contribution in [3.8, 4) is 22.8 Å². The molecule has 7 aromatic rings. The summed E-state index contributed by atoms with van der Waals surface area (Å²) in [4.78, 5) is 8.86. The largest absolute Gasteiger partial charge is 0.501 e. The van der Waals surface area contributed by atoms with Crippen LogP contribution in [0.3, 0.4) is 0 Å². The van der Waals surface area contributed by atoms with Crippen LogP contribution < -0.4 is 14.5 Å². The summed E-state index contributed by atoms with van der Waals surface area (Å²) in [5, 5.41) is 2.18. The van der Waals surface area contributed by atoms with E-state index >= 15 is 0 Å². The fourth-order valence-electron chi connectivity index (χ4n) is 5.43. The minimum atomic E-state index is -0.0204. The van der Waals surface area contributed by atoms with Gasteiger partial charge in [0.2, 0.25) is 0 Å². The Morgan fingerprint density at radius 3 is 2.53 bits per heavy atom. The van der Waals surface area contributed by atoms with E-state index in [0.29, 0.717) is 11.5 Å². The summed E-state index contributed by atoms with van der Waals surface area (Å²) in [7, 11) is 0. The number of thiophene rings is 1. The first-order valence-corrected chi connectivity index (χ1v) is 14.7. The fourth-order valence-corrected chi connectivity index (χ4v) is 6.59. The van der Waals surface area contributed by atoms with E-state index in [9.17, 15) is 0 Å². The number of pyridine rings is 1. The predicted octanol–water partition coefficient (Wildman–Crippen LogP) is 9.91. The van der Waals surface area contributed by atoms with Crippen LogP contribution in [-0.2, 0) is 26.5 Å². The van der Waals surface area contributed by atoms with Crippen molar-refractivity contribution in [1.29, 1.82) is 0 Å². The van der Waals surface area contributed by atoms with Crippen LogP contribution in [0, 0.1) is 18.8 Å². The van der Waals surface area contributed by atoms with E-state index in [1.165, 1.54) is 5.56 Å². The summed E-state index contributed by atoms with van der Waals surface area (Å²) in [5.74, 6) is 1.25. The molecule has 0 fully saturated rings. The van der Waals surface area contributed by atoms with E-state index in [2.05, 4.69) is 68.1 Å². The molecule has 8 rings (SSSR count). The molecular formula is C36H26N3O2PtS-3. The van der Waals surface area contributed by atoms with E-state index in [-0.39, 0.29) is 26.5 Å². The number of rotatable bonds is 5. The third-order valence-electron chi connectivity index (χ3n) is 7.60. The molecule has 5 nitrogen and oxygen atoms in total. The van der Waals surface area contributed by atoms with Gasteiger partial charge in [0.1, 0.15) is 5.58 Å². The second kappa shape index (κ2) is 10.5. The number of nitrogens with zero attached hydrogens (tertiary/aromatic N) is 3.